The minimum absolute atomic E-state index is 0.0225. The molecule has 2 aromatic rings. The Morgan fingerprint density at radius 2 is 1.71 bits per heavy atom. The van der Waals surface area contributed by atoms with E-state index in [0.29, 0.717) is 5.02 Å². The highest BCUT2D eigenvalue weighted by Crippen LogP contribution is 2.60. The number of hydrogen-bond donors (Lipinski definition) is 0. The van der Waals surface area contributed by atoms with Crippen LogP contribution in [0.1, 0.15) is 27.1 Å². The van der Waals surface area contributed by atoms with Crippen molar-refractivity contribution in [2.75, 3.05) is 6.61 Å². The Kier molecular flexibility index (Phi) is 6.16. The number of ether oxygens (including phenoxy) is 3. The van der Waals surface area contributed by atoms with E-state index in [4.69, 9.17) is 37.4 Å². The van der Waals surface area contributed by atoms with Gasteiger partial charge in [-0.3, -0.25) is 14.4 Å². The van der Waals surface area contributed by atoms with E-state index in [1.165, 1.54) is 42.5 Å². The lowest BCUT2D eigenvalue weighted by atomic mass is 9.80. The second-order valence-electron chi connectivity index (χ2n) is 8.53. The molecule has 34 heavy (non-hydrogen) atoms. The zero-order chi connectivity index (χ0) is 24.1. The Labute approximate surface area is 212 Å². The predicted octanol–water partition coefficient (Wildman–Crippen LogP) is 4.51. The first kappa shape index (κ1) is 23.3. The van der Waals surface area contributed by atoms with Gasteiger partial charge >= 0.3 is 17.9 Å². The van der Waals surface area contributed by atoms with E-state index in [2.05, 4.69) is 15.9 Å². The summed E-state index contributed by atoms with van der Waals surface area (Å²) < 4.78 is 16.0. The molecule has 3 aliphatic rings. The van der Waals surface area contributed by atoms with Crippen molar-refractivity contribution in [3.8, 4) is 5.75 Å². The van der Waals surface area contributed by atoms with Crippen LogP contribution in [0.5, 0.6) is 5.75 Å². The van der Waals surface area contributed by atoms with Gasteiger partial charge in [0.25, 0.3) is 0 Å². The summed E-state index contributed by atoms with van der Waals surface area (Å²) in [5, 5.41) is 0.551. The third-order valence-corrected chi connectivity index (χ3v) is 8.62. The van der Waals surface area contributed by atoms with Crippen LogP contribution in [0.4, 0.5) is 0 Å². The number of ketones is 1. The van der Waals surface area contributed by atoms with Crippen LogP contribution in [0.2, 0.25) is 10.0 Å². The first-order valence-electron chi connectivity index (χ1n) is 10.6. The molecule has 0 aromatic heterocycles. The van der Waals surface area contributed by atoms with Crippen LogP contribution in [0.25, 0.3) is 0 Å². The summed E-state index contributed by atoms with van der Waals surface area (Å²) in [6, 6.07) is 10.2. The molecule has 0 amide bonds. The normalized spacial score (nSPS) is 28.5. The fourth-order valence-corrected chi connectivity index (χ4v) is 6.45. The van der Waals surface area contributed by atoms with Crippen LogP contribution in [-0.2, 0) is 19.1 Å². The third kappa shape index (κ3) is 4.01. The topological polar surface area (TPSA) is 96.0 Å². The van der Waals surface area contributed by atoms with Crippen LogP contribution in [-0.4, -0.2) is 41.2 Å². The molecule has 176 valence electrons. The van der Waals surface area contributed by atoms with Crippen molar-refractivity contribution >= 4 is 62.8 Å². The lowest BCUT2D eigenvalue weighted by molar-refractivity contribution is -0.154. The number of halogens is 3. The van der Waals surface area contributed by atoms with Crippen LogP contribution in [0.15, 0.2) is 42.5 Å². The predicted molar refractivity (Wildman–Crippen MR) is 124 cm³/mol. The number of hydrogen-bond acceptors (Lipinski definition) is 7. The second kappa shape index (κ2) is 8.98. The van der Waals surface area contributed by atoms with Gasteiger partial charge in [0.1, 0.15) is 11.9 Å². The van der Waals surface area contributed by atoms with Crippen molar-refractivity contribution < 1.29 is 33.4 Å². The van der Waals surface area contributed by atoms with Gasteiger partial charge in [-0.1, -0.05) is 39.1 Å². The quantitative estimate of drug-likeness (QED) is 0.219. The standard InChI is InChI=1S/C24H17BrCl2O7/c25-20-13-8-14-19(24(31)34-21(14)20)18(13)23(30)32-9-17(28)10-1-4-12(5-2-10)33-22(29)11-3-6-15(26)16(27)7-11/h1-7,13-14,18-21H,8-9H2/t13-,14-,18-,19-,20+,21+/m1/s1. The monoisotopic (exact) mass is 566 g/mol. The molecule has 0 spiro atoms. The van der Waals surface area contributed by atoms with E-state index >= 15 is 0 Å². The van der Waals surface area contributed by atoms with Crippen molar-refractivity contribution in [3.63, 3.8) is 0 Å². The third-order valence-electron chi connectivity index (χ3n) is 6.68. The zero-order valence-electron chi connectivity index (χ0n) is 17.4. The van der Waals surface area contributed by atoms with Gasteiger partial charge in [0, 0.05) is 11.5 Å². The molecule has 3 fully saturated rings. The van der Waals surface area contributed by atoms with Crippen LogP contribution in [0, 0.1) is 23.7 Å². The molecule has 5 rings (SSSR count). The van der Waals surface area contributed by atoms with E-state index in [1.54, 1.807) is 0 Å². The maximum absolute atomic E-state index is 12.7. The molecule has 2 saturated carbocycles. The molecule has 10 heteroatoms. The second-order valence-corrected chi connectivity index (χ2v) is 10.4. The van der Waals surface area contributed by atoms with Gasteiger partial charge < -0.3 is 14.2 Å². The van der Waals surface area contributed by atoms with Gasteiger partial charge in [0.05, 0.1) is 32.3 Å². The molecule has 2 aromatic carbocycles. The number of rotatable bonds is 6. The number of esters is 3. The van der Waals surface area contributed by atoms with Crippen molar-refractivity contribution in [1.82, 2.24) is 0 Å². The molecule has 1 heterocycles. The highest BCUT2D eigenvalue weighted by atomic mass is 79.9. The van der Waals surface area contributed by atoms with Crippen LogP contribution < -0.4 is 4.74 Å². The molecule has 2 aliphatic carbocycles. The molecule has 0 radical (unpaired) electrons. The molecule has 0 N–H and O–H groups in total. The van der Waals surface area contributed by atoms with Crippen LogP contribution in [0.3, 0.4) is 0 Å². The minimum Gasteiger partial charge on any atom is -0.461 e. The molecule has 0 unspecified atom stereocenters. The summed E-state index contributed by atoms with van der Waals surface area (Å²) in [4.78, 5) is 49.6. The van der Waals surface area contributed by atoms with E-state index in [-0.39, 0.29) is 50.6 Å². The molecule has 1 saturated heterocycles. The van der Waals surface area contributed by atoms with Gasteiger partial charge in [-0.25, -0.2) is 4.79 Å². The average Bonchev–Trinajstić information content (AvgIpc) is 3.44. The van der Waals surface area contributed by atoms with Crippen molar-refractivity contribution in [2.45, 2.75) is 17.4 Å². The number of Topliss-reactive ketones (excluding diaryl/α,β-unsaturated/α-hetero) is 1. The van der Waals surface area contributed by atoms with E-state index < -0.39 is 36.2 Å². The van der Waals surface area contributed by atoms with E-state index in [0.717, 1.165) is 6.42 Å². The highest BCUT2D eigenvalue weighted by Gasteiger charge is 2.68. The number of carbonyl (C=O) groups excluding carboxylic acids is 4. The number of benzene rings is 2. The van der Waals surface area contributed by atoms with Crippen molar-refractivity contribution in [3.05, 3.63) is 63.6 Å². The SMILES string of the molecule is O=C(COC(=O)[C@@H]1[C@H]2C[C@H]3[C@H](OC(=O)[C@H]31)[C@H]2Br)c1ccc(OC(=O)c2ccc(Cl)c(Cl)c2)cc1. The Balaban J connectivity index is 1.17. The Morgan fingerprint density at radius 3 is 2.41 bits per heavy atom. The van der Waals surface area contributed by atoms with Gasteiger partial charge in [-0.2, -0.15) is 0 Å². The highest BCUT2D eigenvalue weighted by molar-refractivity contribution is 9.09. The maximum Gasteiger partial charge on any atom is 0.343 e. The Morgan fingerprint density at radius 1 is 1.00 bits per heavy atom. The van der Waals surface area contributed by atoms with Gasteiger partial charge in [0.15, 0.2) is 12.4 Å². The smallest absolute Gasteiger partial charge is 0.343 e. The van der Waals surface area contributed by atoms with E-state index in [9.17, 15) is 19.2 Å². The summed E-state index contributed by atoms with van der Waals surface area (Å²) in [5.74, 6) is -2.85. The van der Waals surface area contributed by atoms with Gasteiger partial charge in [0.2, 0.25) is 0 Å². The summed E-state index contributed by atoms with van der Waals surface area (Å²) in [7, 11) is 0. The number of fused-ring (bicyclic) bond motifs is 1. The zero-order valence-corrected chi connectivity index (χ0v) is 20.5. The number of carbonyl (C=O) groups is 4. The van der Waals surface area contributed by atoms with Gasteiger partial charge in [-0.05, 0) is 54.8 Å². The Bertz CT molecular complexity index is 1200. The Hall–Kier alpha value is -2.42. The number of alkyl halides is 1. The lowest BCUT2D eigenvalue weighted by Crippen LogP contribution is -2.39. The summed E-state index contributed by atoms with van der Waals surface area (Å²) >= 11 is 15.3. The van der Waals surface area contributed by atoms with E-state index in [1.807, 2.05) is 0 Å². The molecular weight excluding hydrogens is 551 g/mol. The van der Waals surface area contributed by atoms with Gasteiger partial charge in [-0.15, -0.1) is 0 Å². The molecule has 7 nitrogen and oxygen atoms in total. The molecule has 6 atom stereocenters. The largest absolute Gasteiger partial charge is 0.461 e. The maximum atomic E-state index is 12.7. The first-order chi connectivity index (χ1) is 16.2. The summed E-state index contributed by atoms with van der Waals surface area (Å²) in [5.41, 5.74) is 0.513. The molecular formula is C24H17BrCl2O7. The fourth-order valence-electron chi connectivity index (χ4n) is 5.11. The van der Waals surface area contributed by atoms with Crippen molar-refractivity contribution in [1.29, 1.82) is 0 Å². The minimum atomic E-state index is -0.629. The lowest BCUT2D eigenvalue weighted by Gasteiger charge is -2.26. The first-order valence-corrected chi connectivity index (χ1v) is 12.2. The summed E-state index contributed by atoms with van der Waals surface area (Å²) in [6.07, 6.45) is 0.546. The van der Waals surface area contributed by atoms with Crippen molar-refractivity contribution in [2.24, 2.45) is 23.7 Å². The average molecular weight is 568 g/mol. The molecule has 2 bridgehead atoms. The fraction of sp³-hybridized carbons (Fsp3) is 0.333. The summed E-state index contributed by atoms with van der Waals surface area (Å²) in [6.45, 7) is -0.451. The van der Waals surface area contributed by atoms with Crippen LogP contribution >= 0.6 is 39.1 Å². The molecule has 1 aliphatic heterocycles.